The third-order valence-electron chi connectivity index (χ3n) is 4.35. The fourth-order valence-corrected chi connectivity index (χ4v) is 3.01. The Balaban J connectivity index is 1.87. The van der Waals surface area contributed by atoms with Crippen LogP contribution in [0.4, 0.5) is 5.69 Å². The zero-order valence-electron chi connectivity index (χ0n) is 14.7. The normalized spacial score (nSPS) is 18.0. The number of anilines is 1. The predicted octanol–water partition coefficient (Wildman–Crippen LogP) is 3.16. The van der Waals surface area contributed by atoms with Gasteiger partial charge < -0.3 is 21.7 Å². The van der Waals surface area contributed by atoms with E-state index in [1.807, 2.05) is 31.3 Å². The molecule has 0 aliphatic carbocycles. The van der Waals surface area contributed by atoms with Crippen LogP contribution in [0.3, 0.4) is 0 Å². The predicted molar refractivity (Wildman–Crippen MR) is 106 cm³/mol. The van der Waals surface area contributed by atoms with Crippen LogP contribution in [0, 0.1) is 5.92 Å². The largest absolute Gasteiger partial charge is 0.399 e. The molecule has 1 aliphatic rings. The molecule has 0 saturated carbocycles. The second kappa shape index (κ2) is 9.18. The number of allylic oxidation sites excluding steroid dienone is 1. The smallest absolute Gasteiger partial charge is 0.0560 e. The SMILES string of the molecule is C=Cc1c(NC/C(N)=C/NCC2CCCNC2)cccc1C(=C)C. The van der Waals surface area contributed by atoms with Crippen molar-refractivity contribution in [1.29, 1.82) is 0 Å². The average Bonchev–Trinajstić information content (AvgIpc) is 2.60. The maximum absolute atomic E-state index is 6.10. The highest BCUT2D eigenvalue weighted by Crippen LogP contribution is 2.26. The first-order valence-electron chi connectivity index (χ1n) is 8.65. The lowest BCUT2D eigenvalue weighted by Gasteiger charge is -2.22. The van der Waals surface area contributed by atoms with Crippen molar-refractivity contribution in [3.63, 3.8) is 0 Å². The van der Waals surface area contributed by atoms with Crippen molar-refractivity contribution in [2.24, 2.45) is 11.7 Å². The topological polar surface area (TPSA) is 62.1 Å². The van der Waals surface area contributed by atoms with Crippen molar-refractivity contribution in [1.82, 2.24) is 10.6 Å². The molecule has 4 heteroatoms. The minimum absolute atomic E-state index is 0.594. The highest BCUT2D eigenvalue weighted by Gasteiger charge is 2.11. The van der Waals surface area contributed by atoms with Gasteiger partial charge in [-0.3, -0.25) is 0 Å². The quantitative estimate of drug-likeness (QED) is 0.593. The van der Waals surface area contributed by atoms with E-state index in [9.17, 15) is 0 Å². The number of nitrogens with one attached hydrogen (secondary N) is 3. The van der Waals surface area contributed by atoms with E-state index in [1.165, 1.54) is 12.8 Å². The van der Waals surface area contributed by atoms with Gasteiger partial charge in [0.2, 0.25) is 0 Å². The molecule has 130 valence electrons. The lowest BCUT2D eigenvalue weighted by Crippen LogP contribution is -2.35. The molecule has 0 amide bonds. The highest BCUT2D eigenvalue weighted by atomic mass is 14.9. The molecular weight excluding hydrogens is 296 g/mol. The molecule has 1 unspecified atom stereocenters. The first-order valence-corrected chi connectivity index (χ1v) is 8.65. The van der Waals surface area contributed by atoms with Crippen molar-refractivity contribution >= 4 is 17.3 Å². The van der Waals surface area contributed by atoms with Gasteiger partial charge in [0.1, 0.15) is 0 Å². The van der Waals surface area contributed by atoms with Gasteiger partial charge in [-0.1, -0.05) is 36.9 Å². The summed E-state index contributed by atoms with van der Waals surface area (Å²) < 4.78 is 0. The van der Waals surface area contributed by atoms with Crippen LogP contribution in [0.1, 0.15) is 30.9 Å². The molecule has 1 heterocycles. The Kier molecular flexibility index (Phi) is 6.94. The lowest BCUT2D eigenvalue weighted by atomic mass is 10.00. The van der Waals surface area contributed by atoms with Crippen LogP contribution in [0.25, 0.3) is 11.6 Å². The van der Waals surface area contributed by atoms with Gasteiger partial charge in [0.15, 0.2) is 0 Å². The summed E-state index contributed by atoms with van der Waals surface area (Å²) in [6, 6.07) is 6.12. The molecule has 1 atom stereocenters. The zero-order chi connectivity index (χ0) is 17.4. The van der Waals surface area contributed by atoms with E-state index < -0.39 is 0 Å². The van der Waals surface area contributed by atoms with Crippen molar-refractivity contribution in [2.75, 3.05) is 31.5 Å². The fraction of sp³-hybridized carbons (Fsp3) is 0.400. The van der Waals surface area contributed by atoms with Crippen LogP contribution >= 0.6 is 0 Å². The fourth-order valence-electron chi connectivity index (χ4n) is 3.01. The minimum Gasteiger partial charge on any atom is -0.399 e. The maximum atomic E-state index is 6.10. The summed E-state index contributed by atoms with van der Waals surface area (Å²) in [5.74, 6) is 0.690. The van der Waals surface area contributed by atoms with E-state index in [1.54, 1.807) is 0 Å². The molecule has 0 spiro atoms. The summed E-state index contributed by atoms with van der Waals surface area (Å²) in [5, 5.41) is 10.2. The van der Waals surface area contributed by atoms with E-state index in [0.29, 0.717) is 12.5 Å². The van der Waals surface area contributed by atoms with E-state index in [2.05, 4.69) is 35.2 Å². The van der Waals surface area contributed by atoms with Gasteiger partial charge in [0, 0.05) is 29.7 Å². The second-order valence-corrected chi connectivity index (χ2v) is 6.44. The molecule has 1 saturated heterocycles. The molecule has 0 radical (unpaired) electrons. The Morgan fingerprint density at radius 2 is 2.29 bits per heavy atom. The summed E-state index contributed by atoms with van der Waals surface area (Å²) in [6.07, 6.45) is 6.32. The molecule has 0 aromatic heterocycles. The van der Waals surface area contributed by atoms with Crippen LogP contribution in [0.2, 0.25) is 0 Å². The molecule has 2 rings (SSSR count). The Hall–Kier alpha value is -2.20. The highest BCUT2D eigenvalue weighted by molar-refractivity contribution is 5.79. The monoisotopic (exact) mass is 326 g/mol. The summed E-state index contributed by atoms with van der Waals surface area (Å²) >= 11 is 0. The Morgan fingerprint density at radius 1 is 1.46 bits per heavy atom. The summed E-state index contributed by atoms with van der Waals surface area (Å²) in [4.78, 5) is 0. The number of benzene rings is 1. The standard InChI is InChI=1S/C20H30N4/c1-4-18-19(15(2)3)8-5-9-20(18)24-14-17(21)13-23-12-16-7-6-10-22-11-16/h4-5,8-9,13,16,22-24H,1-2,6-7,10-12,14,21H2,3H3/b17-13-. The van der Waals surface area contributed by atoms with E-state index in [-0.39, 0.29) is 0 Å². The molecule has 4 nitrogen and oxygen atoms in total. The Bertz CT molecular complexity index is 598. The molecule has 0 bridgehead atoms. The van der Waals surface area contributed by atoms with Gasteiger partial charge in [-0.15, -0.1) is 0 Å². The van der Waals surface area contributed by atoms with Crippen LogP contribution in [-0.2, 0) is 0 Å². The zero-order valence-corrected chi connectivity index (χ0v) is 14.7. The minimum atomic E-state index is 0.594. The molecule has 1 fully saturated rings. The van der Waals surface area contributed by atoms with Gasteiger partial charge in [0.05, 0.1) is 6.54 Å². The van der Waals surface area contributed by atoms with Gasteiger partial charge in [0.25, 0.3) is 0 Å². The van der Waals surface area contributed by atoms with Crippen LogP contribution in [-0.4, -0.2) is 26.2 Å². The Labute approximate surface area is 145 Å². The first kappa shape index (κ1) is 18.1. The molecule has 1 aromatic rings. The maximum Gasteiger partial charge on any atom is 0.0560 e. The van der Waals surface area contributed by atoms with Crippen molar-refractivity contribution in [3.05, 3.63) is 54.4 Å². The second-order valence-electron chi connectivity index (χ2n) is 6.44. The van der Waals surface area contributed by atoms with Crippen molar-refractivity contribution in [2.45, 2.75) is 19.8 Å². The van der Waals surface area contributed by atoms with Gasteiger partial charge >= 0.3 is 0 Å². The lowest BCUT2D eigenvalue weighted by molar-refractivity contribution is 0.372. The third-order valence-corrected chi connectivity index (χ3v) is 4.35. The number of nitrogens with two attached hydrogens (primary N) is 1. The molecule has 1 aliphatic heterocycles. The van der Waals surface area contributed by atoms with Crippen LogP contribution < -0.4 is 21.7 Å². The number of hydrogen-bond acceptors (Lipinski definition) is 4. The Morgan fingerprint density at radius 3 is 2.96 bits per heavy atom. The molecule has 1 aromatic carbocycles. The number of rotatable bonds is 8. The summed E-state index contributed by atoms with van der Waals surface area (Å²) in [5.41, 5.74) is 11.1. The van der Waals surface area contributed by atoms with E-state index >= 15 is 0 Å². The summed E-state index contributed by atoms with van der Waals surface area (Å²) in [7, 11) is 0. The summed E-state index contributed by atoms with van der Waals surface area (Å²) in [6.45, 7) is 13.8. The van der Waals surface area contributed by atoms with Crippen molar-refractivity contribution < 1.29 is 0 Å². The third kappa shape index (κ3) is 5.17. The first-order chi connectivity index (χ1) is 11.6. The van der Waals surface area contributed by atoms with Crippen molar-refractivity contribution in [3.8, 4) is 0 Å². The van der Waals surface area contributed by atoms with Gasteiger partial charge in [-0.2, -0.15) is 0 Å². The van der Waals surface area contributed by atoms with Gasteiger partial charge in [-0.05, 0) is 50.4 Å². The number of hydrogen-bond donors (Lipinski definition) is 4. The van der Waals surface area contributed by atoms with E-state index in [0.717, 1.165) is 47.7 Å². The van der Waals surface area contributed by atoms with Crippen LogP contribution in [0.5, 0.6) is 0 Å². The van der Waals surface area contributed by atoms with Gasteiger partial charge in [-0.25, -0.2) is 0 Å². The average molecular weight is 326 g/mol. The molecular formula is C20H30N4. The van der Waals surface area contributed by atoms with Crippen LogP contribution in [0.15, 0.2) is 43.3 Å². The molecule has 5 N–H and O–H groups in total. The van der Waals surface area contributed by atoms with E-state index in [4.69, 9.17) is 5.73 Å². The molecule has 24 heavy (non-hydrogen) atoms. The number of piperidine rings is 1.